The molecule has 2 heterocycles. The number of rotatable bonds is 1. The Morgan fingerprint density at radius 1 is 1.35 bits per heavy atom. The molecule has 0 saturated carbocycles. The number of hydrogen-bond acceptors (Lipinski definition) is 3. The van der Waals surface area contributed by atoms with E-state index in [0.717, 1.165) is 16.5 Å². The molecule has 86 valence electrons. The van der Waals surface area contributed by atoms with Gasteiger partial charge in [-0.15, -0.1) is 0 Å². The van der Waals surface area contributed by atoms with E-state index in [0.29, 0.717) is 5.76 Å². The lowest BCUT2D eigenvalue weighted by atomic mass is 9.82. The Balaban J connectivity index is 2.04. The summed E-state index contributed by atoms with van der Waals surface area (Å²) < 4.78 is 11.4. The van der Waals surface area contributed by atoms with Gasteiger partial charge in [-0.25, -0.2) is 0 Å². The predicted molar refractivity (Wildman–Crippen MR) is 66.9 cm³/mol. The van der Waals surface area contributed by atoms with Crippen LogP contribution in [0.25, 0.3) is 10.9 Å². The zero-order valence-electron chi connectivity index (χ0n) is 9.86. The molecule has 1 aliphatic rings. The Kier molecular flexibility index (Phi) is 2.06. The van der Waals surface area contributed by atoms with E-state index in [9.17, 15) is 0 Å². The second kappa shape index (κ2) is 3.37. The Morgan fingerprint density at radius 3 is 2.82 bits per heavy atom. The van der Waals surface area contributed by atoms with Gasteiger partial charge in [-0.05, 0) is 19.9 Å². The van der Waals surface area contributed by atoms with Crippen molar-refractivity contribution in [1.82, 2.24) is 10.2 Å². The fourth-order valence-electron chi connectivity index (χ4n) is 1.90. The van der Waals surface area contributed by atoms with Crippen molar-refractivity contribution in [3.63, 3.8) is 0 Å². The number of hydrogen-bond donors (Lipinski definition) is 1. The molecule has 1 saturated heterocycles. The minimum Gasteiger partial charge on any atom is -0.533 e. The molecule has 1 N–H and O–H groups in total. The van der Waals surface area contributed by atoms with Gasteiger partial charge < -0.3 is 9.31 Å². The highest BCUT2D eigenvalue weighted by molar-refractivity contribution is 6.64. The summed E-state index contributed by atoms with van der Waals surface area (Å²) in [4.78, 5) is 0. The zero-order chi connectivity index (χ0) is 12.0. The van der Waals surface area contributed by atoms with Crippen molar-refractivity contribution in [3.8, 4) is 0 Å². The third-order valence-corrected chi connectivity index (χ3v) is 3.05. The van der Waals surface area contributed by atoms with E-state index in [1.54, 1.807) is 0 Å². The molecule has 0 unspecified atom stereocenters. The molecule has 1 aromatic carbocycles. The monoisotopic (exact) mass is 228 g/mol. The van der Waals surface area contributed by atoms with E-state index < -0.39 is 12.7 Å². The van der Waals surface area contributed by atoms with Gasteiger partial charge >= 0.3 is 7.12 Å². The van der Waals surface area contributed by atoms with Crippen LogP contribution >= 0.6 is 0 Å². The van der Waals surface area contributed by atoms with Gasteiger partial charge in [0.05, 0.1) is 11.3 Å². The van der Waals surface area contributed by atoms with E-state index in [1.165, 1.54) is 0 Å². The second-order valence-corrected chi connectivity index (χ2v) is 4.66. The van der Waals surface area contributed by atoms with Crippen LogP contribution in [0.3, 0.4) is 0 Å². The maximum Gasteiger partial charge on any atom is 0.585 e. The van der Waals surface area contributed by atoms with Gasteiger partial charge in [0.1, 0.15) is 11.2 Å². The fraction of sp³-hybridized carbons (Fsp3) is 0.250. The topological polar surface area (TPSA) is 47.1 Å². The molecule has 0 amide bonds. The first-order valence-corrected chi connectivity index (χ1v) is 5.55. The minimum absolute atomic E-state index is 0.468. The van der Waals surface area contributed by atoms with Crippen molar-refractivity contribution >= 4 is 23.6 Å². The molecule has 2 aromatic rings. The molecule has 1 aliphatic heterocycles. The average molecular weight is 228 g/mol. The smallest absolute Gasteiger partial charge is 0.533 e. The van der Waals surface area contributed by atoms with Crippen LogP contribution in [0, 0.1) is 0 Å². The molecule has 17 heavy (non-hydrogen) atoms. The summed E-state index contributed by atoms with van der Waals surface area (Å²) >= 11 is 0. The van der Waals surface area contributed by atoms with Gasteiger partial charge in [0.15, 0.2) is 0 Å². The summed E-state index contributed by atoms with van der Waals surface area (Å²) in [5, 5.41) is 8.25. The summed E-state index contributed by atoms with van der Waals surface area (Å²) in [6.45, 7) is 7.73. The van der Waals surface area contributed by atoms with Crippen molar-refractivity contribution in [2.45, 2.75) is 19.4 Å². The molecule has 1 aromatic heterocycles. The normalized spacial score (nSPS) is 18.7. The van der Waals surface area contributed by atoms with Crippen LogP contribution in [0.4, 0.5) is 0 Å². The Bertz CT molecular complexity index is 591. The number of aromatic amines is 1. The summed E-state index contributed by atoms with van der Waals surface area (Å²) in [5.41, 5.74) is 1.28. The largest absolute Gasteiger partial charge is 0.585 e. The van der Waals surface area contributed by atoms with Crippen molar-refractivity contribution in [2.24, 2.45) is 0 Å². The third-order valence-electron chi connectivity index (χ3n) is 3.05. The molecule has 5 heteroatoms. The van der Waals surface area contributed by atoms with Crippen LogP contribution in [-0.4, -0.2) is 22.9 Å². The van der Waals surface area contributed by atoms with Crippen molar-refractivity contribution < 1.29 is 9.31 Å². The first kappa shape index (κ1) is 10.4. The summed E-state index contributed by atoms with van der Waals surface area (Å²) in [6.07, 6.45) is 0. The van der Waals surface area contributed by atoms with Crippen LogP contribution in [0.15, 0.2) is 36.6 Å². The second-order valence-electron chi connectivity index (χ2n) is 4.66. The molecule has 4 nitrogen and oxygen atoms in total. The van der Waals surface area contributed by atoms with E-state index in [-0.39, 0.29) is 0 Å². The van der Waals surface area contributed by atoms with Gasteiger partial charge in [0.25, 0.3) is 0 Å². The molecule has 0 atom stereocenters. The highest BCUT2D eigenvalue weighted by Crippen LogP contribution is 2.29. The quantitative estimate of drug-likeness (QED) is 0.754. The molecule has 1 fully saturated rings. The average Bonchev–Trinajstić information content (AvgIpc) is 2.81. The Hall–Kier alpha value is -1.75. The van der Waals surface area contributed by atoms with E-state index >= 15 is 0 Å². The minimum atomic E-state index is -0.478. The number of nitrogens with one attached hydrogen (secondary N) is 1. The summed E-state index contributed by atoms with van der Waals surface area (Å²) in [7, 11) is -0.478. The molecule has 0 radical (unpaired) electrons. The van der Waals surface area contributed by atoms with Gasteiger partial charge in [0.2, 0.25) is 0 Å². The molecule has 0 bridgehead atoms. The maximum atomic E-state index is 5.81. The van der Waals surface area contributed by atoms with Crippen molar-refractivity contribution in [1.29, 1.82) is 0 Å². The van der Waals surface area contributed by atoms with E-state index in [4.69, 9.17) is 9.31 Å². The Morgan fingerprint density at radius 2 is 2.12 bits per heavy atom. The maximum absolute atomic E-state index is 5.81. The molecular weight excluding hydrogens is 215 g/mol. The number of aromatic nitrogens is 2. The van der Waals surface area contributed by atoms with Crippen LogP contribution in [0.5, 0.6) is 0 Å². The lowest BCUT2D eigenvalue weighted by Crippen LogP contribution is -2.35. The van der Waals surface area contributed by atoms with Gasteiger partial charge in [-0.2, -0.15) is 5.10 Å². The lowest BCUT2D eigenvalue weighted by molar-refractivity contribution is 0.173. The summed E-state index contributed by atoms with van der Waals surface area (Å²) in [6, 6.07) is 7.90. The van der Waals surface area contributed by atoms with Crippen molar-refractivity contribution in [2.75, 3.05) is 0 Å². The fourth-order valence-corrected chi connectivity index (χ4v) is 1.90. The van der Waals surface area contributed by atoms with Gasteiger partial charge in [-0.3, -0.25) is 5.10 Å². The number of benzene rings is 1. The highest BCUT2D eigenvalue weighted by atomic mass is 16.7. The number of fused-ring (bicyclic) bond motifs is 1. The van der Waals surface area contributed by atoms with Gasteiger partial charge in [-0.1, -0.05) is 24.8 Å². The highest BCUT2D eigenvalue weighted by Gasteiger charge is 2.44. The lowest BCUT2D eigenvalue weighted by Gasteiger charge is -2.15. The summed E-state index contributed by atoms with van der Waals surface area (Å²) in [5.74, 6) is 0.634. The predicted octanol–water partition coefficient (Wildman–Crippen LogP) is 1.60. The SMILES string of the molecule is C=C1OB(c2n[nH]c3ccccc23)OC1(C)C. The van der Waals surface area contributed by atoms with E-state index in [2.05, 4.69) is 16.8 Å². The van der Waals surface area contributed by atoms with Crippen molar-refractivity contribution in [3.05, 3.63) is 36.6 Å². The van der Waals surface area contributed by atoms with Crippen LogP contribution < -0.4 is 5.59 Å². The van der Waals surface area contributed by atoms with Crippen LogP contribution in [0.1, 0.15) is 13.8 Å². The number of H-pyrrole nitrogens is 1. The molecule has 3 rings (SSSR count). The van der Waals surface area contributed by atoms with Crippen LogP contribution in [-0.2, 0) is 9.31 Å². The molecule has 0 aliphatic carbocycles. The standard InChI is InChI=1S/C12H13BN2O2/c1-8-12(2,3)17-13(16-8)11-9-6-4-5-7-10(9)14-15-11/h4-7H,1H2,2-3H3,(H,14,15). The number of para-hydroxylation sites is 1. The van der Waals surface area contributed by atoms with Crippen LogP contribution in [0.2, 0.25) is 0 Å². The Labute approximate surface area is 99.8 Å². The third kappa shape index (κ3) is 1.54. The first-order valence-electron chi connectivity index (χ1n) is 5.55. The molecular formula is C12H13BN2O2. The number of nitrogens with zero attached hydrogens (tertiary/aromatic N) is 1. The van der Waals surface area contributed by atoms with E-state index in [1.807, 2.05) is 38.1 Å². The van der Waals surface area contributed by atoms with Gasteiger partial charge in [0, 0.05) is 5.39 Å². The zero-order valence-corrected chi connectivity index (χ0v) is 9.86. The molecule has 0 spiro atoms. The first-order chi connectivity index (χ1) is 8.08.